The molecule has 0 bridgehead atoms. The van der Waals surface area contributed by atoms with Gasteiger partial charge in [-0.25, -0.2) is 0 Å². The fraction of sp³-hybridized carbons (Fsp3) is 0.364. The summed E-state index contributed by atoms with van der Waals surface area (Å²) in [5, 5.41) is 50.8. The quantitative estimate of drug-likeness (QED) is 0.101. The molecule has 13 heteroatoms. The van der Waals surface area contributed by atoms with Crippen molar-refractivity contribution < 1.29 is 44.2 Å². The summed E-state index contributed by atoms with van der Waals surface area (Å²) in [6.45, 7) is 3.22. The van der Waals surface area contributed by atoms with Crippen LogP contribution < -0.4 is 15.9 Å². The second-order valence-electron chi connectivity index (χ2n) is 11.9. The summed E-state index contributed by atoms with van der Waals surface area (Å²) >= 11 is 5.98. The first-order valence-electron chi connectivity index (χ1n) is 14.7. The topological polar surface area (TPSA) is 193 Å². The van der Waals surface area contributed by atoms with E-state index in [1.165, 1.54) is 19.2 Å². The van der Waals surface area contributed by atoms with Crippen LogP contribution in [-0.4, -0.2) is 75.0 Å². The van der Waals surface area contributed by atoms with Gasteiger partial charge in [0.05, 0.1) is 53.5 Å². The van der Waals surface area contributed by atoms with Crippen LogP contribution in [0.25, 0.3) is 0 Å². The van der Waals surface area contributed by atoms with Crippen LogP contribution in [0.5, 0.6) is 17.2 Å². The normalized spacial score (nSPS) is 27.5. The molecule has 242 valence electrons. The van der Waals surface area contributed by atoms with E-state index in [4.69, 9.17) is 31.5 Å². The van der Waals surface area contributed by atoms with E-state index in [1.807, 2.05) is 0 Å². The van der Waals surface area contributed by atoms with E-state index in [2.05, 4.69) is 10.5 Å². The van der Waals surface area contributed by atoms with Crippen molar-refractivity contribution in [2.45, 2.75) is 69.4 Å². The van der Waals surface area contributed by atoms with Crippen molar-refractivity contribution in [2.24, 2.45) is 10.8 Å². The summed E-state index contributed by atoms with van der Waals surface area (Å²) in [7, 11) is 1.36. The first kappa shape index (κ1) is 31.9. The Morgan fingerprint density at radius 1 is 1.09 bits per heavy atom. The van der Waals surface area contributed by atoms with E-state index < -0.39 is 64.9 Å². The van der Waals surface area contributed by atoms with Crippen LogP contribution >= 0.6 is 11.6 Å². The second kappa shape index (κ2) is 12.0. The molecular weight excluding hydrogens is 618 g/mol. The molecule has 1 fully saturated rings. The average molecular weight is 652 g/mol. The fourth-order valence-electron chi connectivity index (χ4n) is 6.44. The van der Waals surface area contributed by atoms with Crippen molar-refractivity contribution >= 4 is 34.6 Å². The Balaban J connectivity index is 1.47. The number of nitrogens with one attached hydrogen (secondary N) is 1. The van der Waals surface area contributed by atoms with E-state index in [0.717, 1.165) is 0 Å². The average Bonchev–Trinajstić information content (AvgIpc) is 3.03. The smallest absolute Gasteiger partial charge is 0.202 e. The maximum Gasteiger partial charge on any atom is 0.202 e. The number of hydrazone groups is 1. The summed E-state index contributed by atoms with van der Waals surface area (Å²) in [6, 6.07) is 10.6. The van der Waals surface area contributed by atoms with Gasteiger partial charge >= 0.3 is 0 Å². The Kier molecular flexibility index (Phi) is 8.30. The number of ether oxygens (including phenoxy) is 3. The summed E-state index contributed by atoms with van der Waals surface area (Å²) in [5.41, 5.74) is 7.29. The van der Waals surface area contributed by atoms with Crippen LogP contribution in [0, 0.1) is 0 Å². The van der Waals surface area contributed by atoms with Crippen molar-refractivity contribution in [3.8, 4) is 17.2 Å². The van der Waals surface area contributed by atoms with Gasteiger partial charge < -0.3 is 40.4 Å². The zero-order chi connectivity index (χ0) is 33.1. The molecule has 6 atom stereocenters. The van der Waals surface area contributed by atoms with E-state index in [-0.39, 0.29) is 58.5 Å². The summed E-state index contributed by atoms with van der Waals surface area (Å²) < 4.78 is 17.5. The van der Waals surface area contributed by atoms with Crippen LogP contribution in [0.2, 0.25) is 5.02 Å². The Hall–Kier alpha value is -4.04. The number of aliphatic hydroxyl groups excluding tert-OH is 1. The predicted octanol–water partition coefficient (Wildman–Crippen LogP) is 3.58. The number of fused-ring (bicyclic) bond motifs is 3. The predicted molar refractivity (Wildman–Crippen MR) is 168 cm³/mol. The van der Waals surface area contributed by atoms with E-state index >= 15 is 0 Å². The Morgan fingerprint density at radius 3 is 2.46 bits per heavy atom. The van der Waals surface area contributed by atoms with Crippen LogP contribution in [0.1, 0.15) is 75.8 Å². The minimum Gasteiger partial charge on any atom is -0.507 e. The number of benzene rings is 3. The molecule has 0 amide bonds. The van der Waals surface area contributed by atoms with Gasteiger partial charge in [0, 0.05) is 47.0 Å². The molecule has 0 spiro atoms. The van der Waals surface area contributed by atoms with Gasteiger partial charge in [-0.1, -0.05) is 23.7 Å². The van der Waals surface area contributed by atoms with Crippen molar-refractivity contribution in [1.82, 2.24) is 0 Å². The molecule has 6 unspecified atom stereocenters. The molecule has 7 N–H and O–H groups in total. The number of hydrogen-bond donors (Lipinski definition) is 6. The maximum atomic E-state index is 13.9. The number of methoxy groups -OCH3 is 1. The molecular formula is C33H34ClN3O9. The van der Waals surface area contributed by atoms with Gasteiger partial charge in [0.15, 0.2) is 12.1 Å². The van der Waals surface area contributed by atoms with Gasteiger partial charge in [0.25, 0.3) is 0 Å². The summed E-state index contributed by atoms with van der Waals surface area (Å²) in [6.07, 6.45) is -4.15. The van der Waals surface area contributed by atoms with Gasteiger partial charge in [-0.15, -0.1) is 0 Å². The third-order valence-electron chi connectivity index (χ3n) is 9.01. The molecule has 3 aliphatic rings. The zero-order valence-corrected chi connectivity index (χ0v) is 26.0. The van der Waals surface area contributed by atoms with Crippen molar-refractivity contribution in [3.63, 3.8) is 0 Å². The van der Waals surface area contributed by atoms with Crippen LogP contribution in [0.4, 0.5) is 5.69 Å². The van der Waals surface area contributed by atoms with E-state index in [0.29, 0.717) is 10.7 Å². The van der Waals surface area contributed by atoms with Gasteiger partial charge in [0.1, 0.15) is 22.8 Å². The van der Waals surface area contributed by atoms with Gasteiger partial charge in [0.2, 0.25) is 5.78 Å². The highest BCUT2D eigenvalue weighted by molar-refractivity contribution is 6.31. The van der Waals surface area contributed by atoms with Crippen LogP contribution in [0.15, 0.2) is 47.6 Å². The third kappa shape index (κ3) is 5.30. The zero-order valence-electron chi connectivity index (χ0n) is 25.3. The number of hydrogen-bond acceptors (Lipinski definition) is 12. The highest BCUT2D eigenvalue weighted by atomic mass is 35.5. The third-order valence-corrected chi connectivity index (χ3v) is 9.27. The van der Waals surface area contributed by atoms with Gasteiger partial charge in [-0.2, -0.15) is 5.10 Å². The molecule has 2 aliphatic carbocycles. The van der Waals surface area contributed by atoms with Crippen LogP contribution in [-0.2, 0) is 15.9 Å². The standard InChI is InChI=1S/C33H34ClN3O9/c1-14-28(38)20(35)11-23(45-14)46-22-13-33(43,15(2)36-37-17-9-7-16(34)8-10-17)12-19-25(22)32(42)27-26(30(19)40)29(39)18-5-4-6-21(44-3)24(18)31(27)41/h4-10,14,20,22-23,28,37-38,40,42-43H,11-13,35H2,1-3H3/b36-15+. The molecule has 1 saturated heterocycles. The van der Waals surface area contributed by atoms with Crippen molar-refractivity contribution in [3.05, 3.63) is 80.9 Å². The molecule has 3 aromatic rings. The molecule has 6 rings (SSSR count). The molecule has 1 aliphatic heterocycles. The van der Waals surface area contributed by atoms with E-state index in [9.17, 15) is 30.0 Å². The molecule has 3 aromatic carbocycles. The van der Waals surface area contributed by atoms with Gasteiger partial charge in [-0.3, -0.25) is 15.0 Å². The SMILES string of the molecule is COc1cccc2c1C(=O)c1c(O)c3c(c(O)c1C2=O)CC(O)(/C(C)=N/Nc1ccc(Cl)cc1)CC3OC1CC(N)C(O)C(C)O1. The number of nitrogens with two attached hydrogens (primary N) is 1. The molecule has 0 saturated carbocycles. The number of halogens is 1. The number of aromatic hydroxyl groups is 2. The largest absolute Gasteiger partial charge is 0.507 e. The number of anilines is 1. The van der Waals surface area contributed by atoms with Crippen LogP contribution in [0.3, 0.4) is 0 Å². The molecule has 1 heterocycles. The lowest BCUT2D eigenvalue weighted by molar-refractivity contribution is -0.245. The lowest BCUT2D eigenvalue weighted by atomic mass is 9.71. The lowest BCUT2D eigenvalue weighted by Crippen LogP contribution is -2.52. The molecule has 46 heavy (non-hydrogen) atoms. The Bertz CT molecular complexity index is 1750. The Morgan fingerprint density at radius 2 is 1.78 bits per heavy atom. The number of rotatable bonds is 6. The van der Waals surface area contributed by atoms with Crippen molar-refractivity contribution in [2.75, 3.05) is 12.5 Å². The number of carbonyl (C=O) groups excluding carboxylic acids is 2. The number of nitrogens with zero attached hydrogens (tertiary/aromatic N) is 1. The molecule has 0 radical (unpaired) electrons. The number of aliphatic hydroxyl groups is 2. The Labute approximate surface area is 269 Å². The molecule has 0 aromatic heterocycles. The monoisotopic (exact) mass is 651 g/mol. The number of phenols is 2. The molecule has 12 nitrogen and oxygen atoms in total. The number of ketones is 2. The second-order valence-corrected chi connectivity index (χ2v) is 12.3. The first-order valence-corrected chi connectivity index (χ1v) is 15.1. The highest BCUT2D eigenvalue weighted by Gasteiger charge is 2.49. The summed E-state index contributed by atoms with van der Waals surface area (Å²) in [4.78, 5) is 27.7. The lowest BCUT2D eigenvalue weighted by Gasteiger charge is -2.42. The number of phenolic OH excluding ortho intramolecular Hbond substituents is 2. The fourth-order valence-corrected chi connectivity index (χ4v) is 6.57. The van der Waals surface area contributed by atoms with Crippen molar-refractivity contribution in [1.29, 1.82) is 0 Å². The highest BCUT2D eigenvalue weighted by Crippen LogP contribution is 2.52. The van der Waals surface area contributed by atoms with Gasteiger partial charge in [-0.05, 0) is 44.2 Å². The maximum absolute atomic E-state index is 13.9. The first-order chi connectivity index (χ1) is 21.8. The van der Waals surface area contributed by atoms with E-state index in [1.54, 1.807) is 44.2 Å². The summed E-state index contributed by atoms with van der Waals surface area (Å²) in [5.74, 6) is -2.39. The minimum atomic E-state index is -1.76. The minimum absolute atomic E-state index is 0.00687. The number of carbonyl (C=O) groups is 2.